The summed E-state index contributed by atoms with van der Waals surface area (Å²) in [5, 5.41) is -0.420. The Bertz CT molecular complexity index is 318. The van der Waals surface area contributed by atoms with Crippen LogP contribution in [0.25, 0.3) is 0 Å². The van der Waals surface area contributed by atoms with Crippen molar-refractivity contribution in [1.29, 1.82) is 0 Å². The number of alkyl halides is 3. The van der Waals surface area contributed by atoms with Crippen LogP contribution in [0.15, 0.2) is 0 Å². The normalized spacial score (nSPS) is 28.6. The average molecular weight is 248 g/mol. The Labute approximate surface area is 87.1 Å². The third kappa shape index (κ3) is 2.01. The maximum absolute atomic E-state index is 12.2. The summed E-state index contributed by atoms with van der Waals surface area (Å²) in [6.07, 6.45) is 0. The molecule has 1 aliphatic heterocycles. The van der Waals surface area contributed by atoms with Gasteiger partial charge in [0.15, 0.2) is 0 Å². The summed E-state index contributed by atoms with van der Waals surface area (Å²) in [4.78, 5) is 0. The van der Waals surface area contributed by atoms with Crippen LogP contribution < -0.4 is 0 Å². The number of sulfonamides is 1. The molecule has 0 radical (unpaired) electrons. The quantitative estimate of drug-likeness (QED) is 0.694. The molecule has 0 bridgehead atoms. The number of nitrogens with zero attached hydrogens (tertiary/aromatic N) is 1. The number of halogens is 3. The fourth-order valence-corrected chi connectivity index (χ4v) is 2.76. The summed E-state index contributed by atoms with van der Waals surface area (Å²) in [7, 11) is -4.47. The molecule has 14 heavy (non-hydrogen) atoms. The van der Waals surface area contributed by atoms with E-state index in [0.29, 0.717) is 0 Å². The second kappa shape index (κ2) is 3.57. The van der Waals surface area contributed by atoms with Crippen LogP contribution in [0.2, 0.25) is 0 Å². The van der Waals surface area contributed by atoms with Crippen LogP contribution in [0.5, 0.6) is 0 Å². The van der Waals surface area contributed by atoms with Crippen LogP contribution in [0.4, 0.5) is 8.78 Å². The number of hydrogen-bond donors (Lipinski definition) is 0. The summed E-state index contributed by atoms with van der Waals surface area (Å²) in [6, 6.07) is 0. The predicted molar refractivity (Wildman–Crippen MR) is 49.9 cm³/mol. The van der Waals surface area contributed by atoms with Crippen molar-refractivity contribution >= 4 is 21.6 Å². The fraction of sp³-hybridized carbons (Fsp3) is 1.00. The highest BCUT2D eigenvalue weighted by Crippen LogP contribution is 2.35. The van der Waals surface area contributed by atoms with Gasteiger partial charge < -0.3 is 0 Å². The molecular weight excluding hydrogens is 236 g/mol. The van der Waals surface area contributed by atoms with Crippen molar-refractivity contribution in [3.05, 3.63) is 0 Å². The van der Waals surface area contributed by atoms with Crippen molar-refractivity contribution in [2.24, 2.45) is 5.41 Å². The Kier molecular flexibility index (Phi) is 3.10. The van der Waals surface area contributed by atoms with Gasteiger partial charge in [-0.2, -0.15) is 13.1 Å². The third-order valence-electron chi connectivity index (χ3n) is 2.38. The maximum atomic E-state index is 12.2. The smallest absolute Gasteiger partial charge is 0.206 e. The molecule has 0 aliphatic carbocycles. The molecule has 84 valence electrons. The zero-order chi connectivity index (χ0) is 11.1. The van der Waals surface area contributed by atoms with Crippen LogP contribution in [-0.4, -0.2) is 36.9 Å². The van der Waals surface area contributed by atoms with Crippen molar-refractivity contribution in [1.82, 2.24) is 4.31 Å². The zero-order valence-electron chi connectivity index (χ0n) is 7.87. The predicted octanol–water partition coefficient (Wildman–Crippen LogP) is 1.49. The maximum Gasteiger partial charge on any atom is 0.350 e. The van der Waals surface area contributed by atoms with Crippen LogP contribution in [-0.2, 0) is 10.0 Å². The molecule has 1 saturated heterocycles. The first-order chi connectivity index (χ1) is 6.18. The highest BCUT2D eigenvalue weighted by atomic mass is 35.5. The van der Waals surface area contributed by atoms with Crippen molar-refractivity contribution < 1.29 is 17.2 Å². The van der Waals surface area contributed by atoms with E-state index < -0.39 is 26.6 Å². The van der Waals surface area contributed by atoms with E-state index in [9.17, 15) is 17.2 Å². The molecule has 1 atom stereocenters. The van der Waals surface area contributed by atoms with Gasteiger partial charge in [0.05, 0.1) is 5.38 Å². The van der Waals surface area contributed by atoms with Gasteiger partial charge in [0.1, 0.15) is 0 Å². The van der Waals surface area contributed by atoms with Crippen molar-refractivity contribution in [2.45, 2.75) is 25.0 Å². The Morgan fingerprint density at radius 3 is 2.29 bits per heavy atom. The van der Waals surface area contributed by atoms with E-state index >= 15 is 0 Å². The molecule has 1 aliphatic rings. The fourth-order valence-electron chi connectivity index (χ4n) is 1.35. The van der Waals surface area contributed by atoms with E-state index in [-0.39, 0.29) is 13.1 Å². The molecule has 7 heteroatoms. The zero-order valence-corrected chi connectivity index (χ0v) is 9.45. The first-order valence-electron chi connectivity index (χ1n) is 4.09. The molecule has 1 rings (SSSR count). The van der Waals surface area contributed by atoms with Crippen LogP contribution >= 0.6 is 11.6 Å². The Balaban J connectivity index is 2.87. The lowest BCUT2D eigenvalue weighted by Gasteiger charge is -2.20. The van der Waals surface area contributed by atoms with Gasteiger partial charge in [-0.3, -0.25) is 0 Å². The van der Waals surface area contributed by atoms with Crippen molar-refractivity contribution in [3.8, 4) is 0 Å². The van der Waals surface area contributed by atoms with E-state index in [1.165, 1.54) is 0 Å². The number of rotatable bonds is 2. The molecule has 0 aromatic heterocycles. The van der Waals surface area contributed by atoms with Gasteiger partial charge >= 0.3 is 5.76 Å². The summed E-state index contributed by atoms with van der Waals surface area (Å²) in [6.45, 7) is 3.52. The molecule has 0 saturated carbocycles. The summed E-state index contributed by atoms with van der Waals surface area (Å²) in [5.41, 5.74) is -0.455. The molecular formula is C7H12ClF2NO2S. The number of hydrogen-bond acceptors (Lipinski definition) is 2. The molecule has 0 aromatic carbocycles. The van der Waals surface area contributed by atoms with Crippen LogP contribution in [0.3, 0.4) is 0 Å². The minimum absolute atomic E-state index is 0.0404. The molecule has 0 aromatic rings. The average Bonchev–Trinajstić information content (AvgIpc) is 2.27. The topological polar surface area (TPSA) is 37.4 Å². The third-order valence-corrected chi connectivity index (χ3v) is 4.56. The Hall–Kier alpha value is 0.0600. The highest BCUT2D eigenvalue weighted by Gasteiger charge is 2.45. The monoisotopic (exact) mass is 247 g/mol. The van der Waals surface area contributed by atoms with Crippen LogP contribution in [0.1, 0.15) is 13.8 Å². The lowest BCUT2D eigenvalue weighted by atomic mass is 9.93. The summed E-state index contributed by atoms with van der Waals surface area (Å²) < 4.78 is 47.3. The second-order valence-electron chi connectivity index (χ2n) is 4.05. The Morgan fingerprint density at radius 2 is 2.00 bits per heavy atom. The molecule has 0 amide bonds. The van der Waals surface area contributed by atoms with Gasteiger partial charge in [-0.25, -0.2) is 8.42 Å². The van der Waals surface area contributed by atoms with Crippen molar-refractivity contribution in [3.63, 3.8) is 0 Å². The van der Waals surface area contributed by atoms with Gasteiger partial charge in [0.25, 0.3) is 10.0 Å². The molecule has 3 nitrogen and oxygen atoms in total. The SMILES string of the molecule is CC1(C)CN(S(=O)(=O)C(F)F)CC1Cl. The molecule has 1 fully saturated rings. The molecule has 1 unspecified atom stereocenters. The molecule has 1 heterocycles. The van der Waals surface area contributed by atoms with E-state index in [4.69, 9.17) is 11.6 Å². The minimum Gasteiger partial charge on any atom is -0.206 e. The van der Waals surface area contributed by atoms with Crippen molar-refractivity contribution in [2.75, 3.05) is 13.1 Å². The highest BCUT2D eigenvalue weighted by molar-refractivity contribution is 7.89. The minimum atomic E-state index is -4.47. The van der Waals surface area contributed by atoms with Gasteiger partial charge in [0.2, 0.25) is 0 Å². The lowest BCUT2D eigenvalue weighted by molar-refractivity contribution is 0.220. The van der Waals surface area contributed by atoms with Gasteiger partial charge in [0, 0.05) is 13.1 Å². The molecule has 0 N–H and O–H groups in total. The van der Waals surface area contributed by atoms with E-state index in [1.54, 1.807) is 13.8 Å². The van der Waals surface area contributed by atoms with Gasteiger partial charge in [-0.15, -0.1) is 11.6 Å². The molecule has 0 spiro atoms. The first kappa shape index (κ1) is 12.1. The Morgan fingerprint density at radius 1 is 1.50 bits per heavy atom. The lowest BCUT2D eigenvalue weighted by Crippen LogP contribution is -2.34. The largest absolute Gasteiger partial charge is 0.350 e. The summed E-state index contributed by atoms with van der Waals surface area (Å²) in [5.74, 6) is -3.36. The van der Waals surface area contributed by atoms with Gasteiger partial charge in [-0.1, -0.05) is 13.8 Å². The van der Waals surface area contributed by atoms with E-state index in [0.717, 1.165) is 4.31 Å². The first-order valence-corrected chi connectivity index (χ1v) is 6.03. The summed E-state index contributed by atoms with van der Waals surface area (Å²) >= 11 is 5.86. The van der Waals surface area contributed by atoms with Crippen LogP contribution in [0, 0.1) is 5.41 Å². The van der Waals surface area contributed by atoms with E-state index in [2.05, 4.69) is 0 Å². The van der Waals surface area contributed by atoms with E-state index in [1.807, 2.05) is 0 Å². The standard InChI is InChI=1S/C7H12ClF2NO2S/c1-7(2)4-11(3-5(7)8)14(12,13)6(9)10/h5-6H,3-4H2,1-2H3. The van der Waals surface area contributed by atoms with Gasteiger partial charge in [-0.05, 0) is 5.41 Å². The second-order valence-corrected chi connectivity index (χ2v) is 6.48.